The van der Waals surface area contributed by atoms with Gasteiger partial charge in [-0.15, -0.1) is 0 Å². The van der Waals surface area contributed by atoms with Crippen LogP contribution in [-0.2, 0) is 4.79 Å². The standard InChI is InChI=1S/C12H22O3/c1-2-10(12(14)15)11(13)9-7-5-3-4-6-8-9/h9-11,13H,2-8H2,1H3,(H,14,15). The molecule has 15 heavy (non-hydrogen) atoms. The zero-order valence-corrected chi connectivity index (χ0v) is 9.48. The first-order valence-electron chi connectivity index (χ1n) is 6.07. The summed E-state index contributed by atoms with van der Waals surface area (Å²) in [7, 11) is 0. The van der Waals surface area contributed by atoms with E-state index >= 15 is 0 Å². The molecule has 0 saturated heterocycles. The van der Waals surface area contributed by atoms with Crippen LogP contribution in [0, 0.1) is 11.8 Å². The fourth-order valence-corrected chi connectivity index (χ4v) is 2.54. The summed E-state index contributed by atoms with van der Waals surface area (Å²) in [6.45, 7) is 1.83. The molecule has 0 bridgehead atoms. The number of aliphatic hydroxyl groups is 1. The summed E-state index contributed by atoms with van der Waals surface area (Å²) in [5, 5.41) is 19.0. The van der Waals surface area contributed by atoms with Crippen molar-refractivity contribution < 1.29 is 15.0 Å². The number of aliphatic hydroxyl groups excluding tert-OH is 1. The summed E-state index contributed by atoms with van der Waals surface area (Å²) in [4.78, 5) is 10.9. The van der Waals surface area contributed by atoms with E-state index in [0.717, 1.165) is 25.7 Å². The van der Waals surface area contributed by atoms with E-state index in [-0.39, 0.29) is 5.92 Å². The minimum Gasteiger partial charge on any atom is -0.481 e. The third kappa shape index (κ3) is 3.49. The van der Waals surface area contributed by atoms with E-state index in [9.17, 15) is 9.90 Å². The van der Waals surface area contributed by atoms with Gasteiger partial charge in [-0.3, -0.25) is 4.79 Å². The highest BCUT2D eigenvalue weighted by atomic mass is 16.4. The van der Waals surface area contributed by atoms with Crippen LogP contribution >= 0.6 is 0 Å². The maximum absolute atomic E-state index is 10.9. The molecule has 0 spiro atoms. The van der Waals surface area contributed by atoms with Crippen LogP contribution in [0.1, 0.15) is 51.9 Å². The lowest BCUT2D eigenvalue weighted by molar-refractivity contribution is -0.147. The Bertz CT molecular complexity index is 195. The monoisotopic (exact) mass is 214 g/mol. The van der Waals surface area contributed by atoms with Crippen LogP contribution in [0.25, 0.3) is 0 Å². The second kappa shape index (κ2) is 6.11. The number of hydrogen-bond acceptors (Lipinski definition) is 2. The maximum atomic E-state index is 10.9. The Morgan fingerprint density at radius 2 is 1.80 bits per heavy atom. The zero-order chi connectivity index (χ0) is 11.3. The van der Waals surface area contributed by atoms with E-state index < -0.39 is 18.0 Å². The summed E-state index contributed by atoms with van der Waals surface area (Å²) in [6.07, 6.45) is 6.59. The summed E-state index contributed by atoms with van der Waals surface area (Å²) < 4.78 is 0. The average molecular weight is 214 g/mol. The predicted molar refractivity (Wildman–Crippen MR) is 58.6 cm³/mol. The lowest BCUT2D eigenvalue weighted by atomic mass is 9.84. The number of aliphatic carboxylic acids is 1. The third-order valence-electron chi connectivity index (χ3n) is 3.55. The van der Waals surface area contributed by atoms with E-state index in [2.05, 4.69) is 0 Å². The Kier molecular flexibility index (Phi) is 5.09. The topological polar surface area (TPSA) is 57.5 Å². The minimum absolute atomic E-state index is 0.202. The molecule has 2 N–H and O–H groups in total. The van der Waals surface area contributed by atoms with Crippen molar-refractivity contribution in [1.82, 2.24) is 0 Å². The normalized spacial score (nSPS) is 23.1. The first-order chi connectivity index (χ1) is 7.16. The molecule has 2 atom stereocenters. The third-order valence-corrected chi connectivity index (χ3v) is 3.55. The van der Waals surface area contributed by atoms with Gasteiger partial charge in [0.1, 0.15) is 0 Å². The SMILES string of the molecule is CCC(C(=O)O)C(O)C1CCCCCC1. The lowest BCUT2D eigenvalue weighted by Crippen LogP contribution is -2.34. The predicted octanol–water partition coefficient (Wildman–Crippen LogP) is 2.43. The van der Waals surface area contributed by atoms with Crippen LogP contribution in [0.15, 0.2) is 0 Å². The van der Waals surface area contributed by atoms with Crippen molar-refractivity contribution in [3.8, 4) is 0 Å². The van der Waals surface area contributed by atoms with Gasteiger partial charge < -0.3 is 10.2 Å². The van der Waals surface area contributed by atoms with Crippen LogP contribution in [0.2, 0.25) is 0 Å². The molecule has 0 aromatic heterocycles. The fraction of sp³-hybridized carbons (Fsp3) is 0.917. The van der Waals surface area contributed by atoms with Crippen LogP contribution in [0.4, 0.5) is 0 Å². The van der Waals surface area contributed by atoms with Crippen molar-refractivity contribution >= 4 is 5.97 Å². The fourth-order valence-electron chi connectivity index (χ4n) is 2.54. The molecule has 0 aromatic carbocycles. The molecule has 0 radical (unpaired) electrons. The quantitative estimate of drug-likeness (QED) is 0.707. The van der Waals surface area contributed by atoms with Crippen LogP contribution in [0.5, 0.6) is 0 Å². The molecule has 0 aromatic rings. The van der Waals surface area contributed by atoms with Crippen molar-refractivity contribution in [2.24, 2.45) is 11.8 Å². The van der Waals surface area contributed by atoms with Gasteiger partial charge in [0.15, 0.2) is 0 Å². The molecule has 0 aliphatic heterocycles. The first kappa shape index (κ1) is 12.5. The van der Waals surface area contributed by atoms with Gasteiger partial charge in [0.2, 0.25) is 0 Å². The highest BCUT2D eigenvalue weighted by molar-refractivity contribution is 5.70. The van der Waals surface area contributed by atoms with Gasteiger partial charge in [0.05, 0.1) is 12.0 Å². The van der Waals surface area contributed by atoms with Crippen LogP contribution < -0.4 is 0 Å². The van der Waals surface area contributed by atoms with Gasteiger partial charge in [-0.1, -0.05) is 32.6 Å². The van der Waals surface area contributed by atoms with E-state index in [1.807, 2.05) is 6.92 Å². The van der Waals surface area contributed by atoms with E-state index in [1.165, 1.54) is 12.8 Å². The lowest BCUT2D eigenvalue weighted by Gasteiger charge is -2.25. The maximum Gasteiger partial charge on any atom is 0.309 e. The van der Waals surface area contributed by atoms with E-state index in [1.54, 1.807) is 0 Å². The van der Waals surface area contributed by atoms with Crippen molar-refractivity contribution in [2.75, 3.05) is 0 Å². The van der Waals surface area contributed by atoms with Gasteiger partial charge in [-0.05, 0) is 25.2 Å². The Morgan fingerprint density at radius 3 is 2.20 bits per heavy atom. The van der Waals surface area contributed by atoms with Gasteiger partial charge in [0.25, 0.3) is 0 Å². The average Bonchev–Trinajstić information content (AvgIpc) is 2.45. The zero-order valence-electron chi connectivity index (χ0n) is 9.48. The van der Waals surface area contributed by atoms with Gasteiger partial charge >= 0.3 is 5.97 Å². The van der Waals surface area contributed by atoms with Crippen LogP contribution in [-0.4, -0.2) is 22.3 Å². The number of carboxylic acid groups (broad SMARTS) is 1. The van der Waals surface area contributed by atoms with E-state index in [0.29, 0.717) is 6.42 Å². The number of hydrogen-bond donors (Lipinski definition) is 2. The van der Waals surface area contributed by atoms with Gasteiger partial charge in [0, 0.05) is 0 Å². The Balaban J connectivity index is 2.55. The number of carbonyl (C=O) groups is 1. The van der Waals surface area contributed by atoms with Crippen molar-refractivity contribution in [1.29, 1.82) is 0 Å². The smallest absolute Gasteiger partial charge is 0.309 e. The molecular weight excluding hydrogens is 192 g/mol. The molecule has 1 rings (SSSR count). The number of rotatable bonds is 4. The summed E-state index contributed by atoms with van der Waals surface area (Å²) in [5.41, 5.74) is 0. The molecule has 1 aliphatic rings. The molecule has 1 saturated carbocycles. The minimum atomic E-state index is -0.853. The second-order valence-corrected chi connectivity index (χ2v) is 4.60. The highest BCUT2D eigenvalue weighted by Gasteiger charge is 2.31. The summed E-state index contributed by atoms with van der Waals surface area (Å²) in [6, 6.07) is 0. The van der Waals surface area contributed by atoms with Crippen molar-refractivity contribution in [3.05, 3.63) is 0 Å². The summed E-state index contributed by atoms with van der Waals surface area (Å²) >= 11 is 0. The van der Waals surface area contributed by atoms with Crippen LogP contribution in [0.3, 0.4) is 0 Å². The first-order valence-corrected chi connectivity index (χ1v) is 6.07. The largest absolute Gasteiger partial charge is 0.481 e. The Morgan fingerprint density at radius 1 is 1.27 bits per heavy atom. The highest BCUT2D eigenvalue weighted by Crippen LogP contribution is 2.29. The Hall–Kier alpha value is -0.570. The molecular formula is C12H22O3. The number of carboxylic acids is 1. The van der Waals surface area contributed by atoms with Gasteiger partial charge in [-0.2, -0.15) is 0 Å². The molecule has 2 unspecified atom stereocenters. The van der Waals surface area contributed by atoms with Crippen molar-refractivity contribution in [3.63, 3.8) is 0 Å². The van der Waals surface area contributed by atoms with E-state index in [4.69, 9.17) is 5.11 Å². The van der Waals surface area contributed by atoms with Crippen molar-refractivity contribution in [2.45, 2.75) is 58.0 Å². The molecule has 3 heteroatoms. The molecule has 1 fully saturated rings. The van der Waals surface area contributed by atoms with Gasteiger partial charge in [-0.25, -0.2) is 0 Å². The molecule has 3 nitrogen and oxygen atoms in total. The molecule has 1 aliphatic carbocycles. The Labute approximate surface area is 91.5 Å². The second-order valence-electron chi connectivity index (χ2n) is 4.60. The molecule has 0 heterocycles. The molecule has 88 valence electrons. The molecule has 0 amide bonds. The summed E-state index contributed by atoms with van der Waals surface area (Å²) in [5.74, 6) is -1.23.